The van der Waals surface area contributed by atoms with E-state index in [2.05, 4.69) is 15.2 Å². The molecule has 1 aliphatic heterocycles. The van der Waals surface area contributed by atoms with Gasteiger partial charge in [0.2, 0.25) is 15.9 Å². The van der Waals surface area contributed by atoms with Crippen LogP contribution in [0.4, 0.5) is 14.5 Å². The van der Waals surface area contributed by atoms with Gasteiger partial charge in [0.25, 0.3) is 0 Å². The molecular formula is C19H25F2N5O5S. The average Bonchev–Trinajstić information content (AvgIpc) is 3.08. The predicted octanol–water partition coefficient (Wildman–Crippen LogP) is 1.28. The zero-order valence-electron chi connectivity index (χ0n) is 17.9. The van der Waals surface area contributed by atoms with Crippen molar-refractivity contribution in [3.05, 3.63) is 30.1 Å². The molecular weight excluding hydrogens is 448 g/mol. The molecule has 0 unspecified atom stereocenters. The van der Waals surface area contributed by atoms with Crippen molar-refractivity contribution in [3.63, 3.8) is 0 Å². The Morgan fingerprint density at radius 2 is 1.91 bits per heavy atom. The smallest absolute Gasteiger partial charge is 0.387 e. The lowest BCUT2D eigenvalue weighted by Gasteiger charge is -2.33. The zero-order valence-corrected chi connectivity index (χ0v) is 18.7. The van der Waals surface area contributed by atoms with Gasteiger partial charge in [0, 0.05) is 45.0 Å². The van der Waals surface area contributed by atoms with E-state index in [1.807, 2.05) is 4.90 Å². The molecule has 0 bridgehead atoms. The Kier molecular flexibility index (Phi) is 7.31. The van der Waals surface area contributed by atoms with Crippen LogP contribution in [0.15, 0.2) is 29.3 Å². The summed E-state index contributed by atoms with van der Waals surface area (Å²) in [5.74, 6) is -0.400. The number of anilines is 1. The van der Waals surface area contributed by atoms with Crippen molar-refractivity contribution in [2.45, 2.75) is 18.4 Å². The van der Waals surface area contributed by atoms with E-state index in [0.29, 0.717) is 24.5 Å². The molecule has 0 saturated carbocycles. The Balaban J connectivity index is 1.55. The summed E-state index contributed by atoms with van der Waals surface area (Å²) in [4.78, 5) is 14.4. The molecule has 0 aliphatic carbocycles. The number of hydrogen-bond donors (Lipinski definition) is 1. The van der Waals surface area contributed by atoms with Gasteiger partial charge in [0.1, 0.15) is 4.90 Å². The van der Waals surface area contributed by atoms with E-state index in [0.717, 1.165) is 0 Å². The van der Waals surface area contributed by atoms with Gasteiger partial charge in [-0.05, 0) is 19.1 Å². The molecule has 3 rings (SSSR count). The second kappa shape index (κ2) is 9.79. The van der Waals surface area contributed by atoms with Crippen molar-refractivity contribution in [2.75, 3.05) is 45.2 Å². The average molecular weight is 474 g/mol. The van der Waals surface area contributed by atoms with Gasteiger partial charge in [-0.2, -0.15) is 18.2 Å². The summed E-state index contributed by atoms with van der Waals surface area (Å²) in [5, 5.41) is 6.67. The van der Waals surface area contributed by atoms with Crippen LogP contribution in [-0.2, 0) is 21.9 Å². The second-order valence-corrected chi connectivity index (χ2v) is 9.10. The quantitative estimate of drug-likeness (QED) is 0.616. The standard InChI is InChI=1S/C19H25F2N5O5S/c1-13-17(11-22-24(13)2)32(28,29)26-8-6-25(7-9-26)12-18(27)23-14-4-5-15(31-19(20)21)16(10-14)30-3/h4-5,10-11,19H,6-9,12H2,1-3H3,(H,23,27). The monoisotopic (exact) mass is 473 g/mol. The Morgan fingerprint density at radius 3 is 2.47 bits per heavy atom. The van der Waals surface area contributed by atoms with Crippen molar-refractivity contribution in [1.82, 2.24) is 19.0 Å². The maximum atomic E-state index is 12.9. The molecule has 10 nitrogen and oxygen atoms in total. The van der Waals surface area contributed by atoms with E-state index < -0.39 is 16.6 Å². The number of methoxy groups -OCH3 is 1. The number of nitrogens with one attached hydrogen (secondary N) is 1. The molecule has 0 spiro atoms. The highest BCUT2D eigenvalue weighted by Gasteiger charge is 2.31. The van der Waals surface area contributed by atoms with E-state index in [9.17, 15) is 22.0 Å². The zero-order chi connectivity index (χ0) is 23.5. The molecule has 1 fully saturated rings. The number of amides is 1. The first-order chi connectivity index (χ1) is 15.1. The summed E-state index contributed by atoms with van der Waals surface area (Å²) >= 11 is 0. The van der Waals surface area contributed by atoms with Crippen molar-refractivity contribution >= 4 is 21.6 Å². The van der Waals surface area contributed by atoms with E-state index in [1.54, 1.807) is 14.0 Å². The predicted molar refractivity (Wildman–Crippen MR) is 111 cm³/mol. The number of aromatic nitrogens is 2. The molecule has 1 saturated heterocycles. The minimum atomic E-state index is -3.65. The number of hydrogen-bond acceptors (Lipinski definition) is 7. The molecule has 0 radical (unpaired) electrons. The van der Waals surface area contributed by atoms with Crippen LogP contribution in [0.3, 0.4) is 0 Å². The van der Waals surface area contributed by atoms with E-state index in [4.69, 9.17) is 4.74 Å². The van der Waals surface area contributed by atoms with Crippen LogP contribution >= 0.6 is 0 Å². The number of nitrogens with zero attached hydrogens (tertiary/aromatic N) is 4. The van der Waals surface area contributed by atoms with E-state index in [1.165, 1.54) is 40.5 Å². The molecule has 0 atom stereocenters. The summed E-state index contributed by atoms with van der Waals surface area (Å²) in [6.07, 6.45) is 1.34. The summed E-state index contributed by atoms with van der Waals surface area (Å²) in [6, 6.07) is 4.10. The first-order valence-electron chi connectivity index (χ1n) is 9.75. The number of sulfonamides is 1. The van der Waals surface area contributed by atoms with Crippen LogP contribution < -0.4 is 14.8 Å². The fourth-order valence-electron chi connectivity index (χ4n) is 3.34. The maximum Gasteiger partial charge on any atom is 0.387 e. The molecule has 1 amide bonds. The molecule has 13 heteroatoms. The molecule has 32 heavy (non-hydrogen) atoms. The summed E-state index contributed by atoms with van der Waals surface area (Å²) in [5.41, 5.74) is 0.925. The number of rotatable bonds is 8. The van der Waals surface area contributed by atoms with Gasteiger partial charge in [-0.15, -0.1) is 0 Å². The molecule has 2 aromatic rings. The van der Waals surface area contributed by atoms with Gasteiger partial charge in [-0.1, -0.05) is 0 Å². The minimum absolute atomic E-state index is 0.0530. The third-order valence-corrected chi connectivity index (χ3v) is 7.17. The summed E-state index contributed by atoms with van der Waals surface area (Å²) in [6.45, 7) is 0.0229. The molecule has 176 valence electrons. The number of aryl methyl sites for hydroxylation is 1. The van der Waals surface area contributed by atoms with Crippen LogP contribution in [0, 0.1) is 6.92 Å². The fraction of sp³-hybridized carbons (Fsp3) is 0.474. The molecule has 1 aromatic carbocycles. The lowest BCUT2D eigenvalue weighted by Crippen LogP contribution is -2.50. The van der Waals surface area contributed by atoms with Crippen LogP contribution in [0.1, 0.15) is 5.69 Å². The van der Waals surface area contributed by atoms with E-state index in [-0.39, 0.29) is 41.9 Å². The molecule has 1 aromatic heterocycles. The highest BCUT2D eigenvalue weighted by molar-refractivity contribution is 7.89. The molecule has 2 heterocycles. The fourth-order valence-corrected chi connectivity index (χ4v) is 4.95. The van der Waals surface area contributed by atoms with Gasteiger partial charge in [0.15, 0.2) is 11.5 Å². The van der Waals surface area contributed by atoms with Crippen molar-refractivity contribution in [3.8, 4) is 11.5 Å². The Morgan fingerprint density at radius 1 is 1.22 bits per heavy atom. The lowest BCUT2D eigenvalue weighted by atomic mass is 10.2. The normalized spacial score (nSPS) is 15.7. The number of alkyl halides is 2. The Labute approximate surface area is 184 Å². The van der Waals surface area contributed by atoms with Crippen molar-refractivity contribution in [1.29, 1.82) is 0 Å². The van der Waals surface area contributed by atoms with Crippen molar-refractivity contribution in [2.24, 2.45) is 7.05 Å². The third-order valence-electron chi connectivity index (χ3n) is 5.17. The van der Waals surface area contributed by atoms with Gasteiger partial charge < -0.3 is 14.8 Å². The molecule has 1 aliphatic rings. The number of carbonyl (C=O) groups excluding carboxylic acids is 1. The van der Waals surface area contributed by atoms with Gasteiger partial charge in [-0.3, -0.25) is 14.4 Å². The van der Waals surface area contributed by atoms with Crippen LogP contribution in [0.2, 0.25) is 0 Å². The number of benzene rings is 1. The Hall–Kier alpha value is -2.77. The summed E-state index contributed by atoms with van der Waals surface area (Å²) < 4.78 is 62.8. The lowest BCUT2D eigenvalue weighted by molar-refractivity contribution is -0.117. The molecule has 1 N–H and O–H groups in total. The highest BCUT2D eigenvalue weighted by Crippen LogP contribution is 2.31. The van der Waals surface area contributed by atoms with E-state index >= 15 is 0 Å². The van der Waals surface area contributed by atoms with Gasteiger partial charge in [0.05, 0.1) is 25.5 Å². The number of carbonyl (C=O) groups is 1. The first kappa shape index (κ1) is 23.9. The number of piperazine rings is 1. The maximum absolute atomic E-state index is 12.9. The minimum Gasteiger partial charge on any atom is -0.493 e. The topological polar surface area (TPSA) is 106 Å². The highest BCUT2D eigenvalue weighted by atomic mass is 32.2. The largest absolute Gasteiger partial charge is 0.493 e. The van der Waals surface area contributed by atoms with Crippen LogP contribution in [-0.4, -0.2) is 79.8 Å². The first-order valence-corrected chi connectivity index (χ1v) is 11.2. The van der Waals surface area contributed by atoms with Crippen molar-refractivity contribution < 1.29 is 31.5 Å². The Bertz CT molecular complexity index is 1070. The number of halogens is 2. The van der Waals surface area contributed by atoms with Gasteiger partial charge in [-0.25, -0.2) is 8.42 Å². The summed E-state index contributed by atoms with van der Waals surface area (Å²) in [7, 11) is -0.663. The number of ether oxygens (including phenoxy) is 2. The SMILES string of the molecule is COc1cc(NC(=O)CN2CCN(S(=O)(=O)c3cnn(C)c3C)CC2)ccc1OC(F)F. The third kappa shape index (κ3) is 5.34. The van der Waals surface area contributed by atoms with Crippen LogP contribution in [0.25, 0.3) is 0 Å². The second-order valence-electron chi connectivity index (χ2n) is 7.19. The van der Waals surface area contributed by atoms with Crippen LogP contribution in [0.5, 0.6) is 11.5 Å². The van der Waals surface area contributed by atoms with Gasteiger partial charge >= 0.3 is 6.61 Å².